The molecule has 4 rings (SSSR count). The van der Waals surface area contributed by atoms with E-state index in [0.717, 1.165) is 38.3 Å². The molecule has 164 valence electrons. The summed E-state index contributed by atoms with van der Waals surface area (Å²) in [6, 6.07) is 15.2. The van der Waals surface area contributed by atoms with Gasteiger partial charge in [0, 0.05) is 35.4 Å². The number of nitrogens with one attached hydrogen (secondary N) is 3. The molecule has 0 aliphatic rings. The van der Waals surface area contributed by atoms with Crippen molar-refractivity contribution >= 4 is 50.7 Å². The summed E-state index contributed by atoms with van der Waals surface area (Å²) < 4.78 is 2.55. The number of hydrogen-bond donors (Lipinski definition) is 3. The molecule has 0 saturated heterocycles. The van der Waals surface area contributed by atoms with Gasteiger partial charge < -0.3 is 16.0 Å². The number of carbonyl (C=O) groups excluding carboxylic acids is 1. The Hall–Kier alpha value is -3.10. The highest BCUT2D eigenvalue weighted by molar-refractivity contribution is 9.10. The van der Waals surface area contributed by atoms with Crippen molar-refractivity contribution in [2.24, 2.45) is 0 Å². The number of benzene rings is 2. The van der Waals surface area contributed by atoms with Crippen LogP contribution in [0.1, 0.15) is 11.1 Å². The molecule has 9 heteroatoms. The zero-order valence-electron chi connectivity index (χ0n) is 17.6. The van der Waals surface area contributed by atoms with Gasteiger partial charge in [0.2, 0.25) is 0 Å². The minimum atomic E-state index is -0.296. The number of fused-ring (bicyclic) bond motifs is 1. The Morgan fingerprint density at radius 3 is 2.72 bits per heavy atom. The fourth-order valence-electron chi connectivity index (χ4n) is 3.41. The molecule has 2 heterocycles. The molecule has 32 heavy (non-hydrogen) atoms. The molecule has 2 aromatic heterocycles. The van der Waals surface area contributed by atoms with E-state index in [9.17, 15) is 4.79 Å². The van der Waals surface area contributed by atoms with E-state index >= 15 is 0 Å². The highest BCUT2D eigenvalue weighted by Gasteiger charge is 2.12. The van der Waals surface area contributed by atoms with Crippen LogP contribution in [0.3, 0.4) is 0 Å². The van der Waals surface area contributed by atoms with Crippen molar-refractivity contribution in [2.45, 2.75) is 13.8 Å². The molecule has 0 spiro atoms. The standard InChI is InChI=1S/C23H22BrClN6O/c1-14-9-16(25)11-17(10-14)29-23(32)27-8-7-26-21-12-20(18-6-4-3-5-15(18)2)30-22-19(24)13-28-31(21)22/h3-6,9-13,26H,7-8H2,1-2H3,(H2,27,29,32). The Morgan fingerprint density at radius 1 is 1.12 bits per heavy atom. The minimum absolute atomic E-state index is 0.296. The highest BCUT2D eigenvalue weighted by atomic mass is 79.9. The number of amides is 2. The normalized spacial score (nSPS) is 10.9. The smallest absolute Gasteiger partial charge is 0.319 e. The van der Waals surface area contributed by atoms with E-state index in [1.54, 1.807) is 16.8 Å². The van der Waals surface area contributed by atoms with Crippen LogP contribution in [0.4, 0.5) is 16.3 Å². The summed E-state index contributed by atoms with van der Waals surface area (Å²) >= 11 is 9.57. The maximum Gasteiger partial charge on any atom is 0.319 e. The van der Waals surface area contributed by atoms with Crippen LogP contribution < -0.4 is 16.0 Å². The first-order valence-corrected chi connectivity index (χ1v) is 11.2. The zero-order chi connectivity index (χ0) is 22.7. The Kier molecular flexibility index (Phi) is 6.62. The molecule has 0 unspecified atom stereocenters. The van der Waals surface area contributed by atoms with Gasteiger partial charge in [0.25, 0.3) is 0 Å². The van der Waals surface area contributed by atoms with E-state index < -0.39 is 0 Å². The average Bonchev–Trinajstić information content (AvgIpc) is 3.11. The molecule has 0 radical (unpaired) electrons. The summed E-state index contributed by atoms with van der Waals surface area (Å²) in [6.45, 7) is 4.90. The molecule has 0 bridgehead atoms. The number of aryl methyl sites for hydroxylation is 2. The number of hydrogen-bond acceptors (Lipinski definition) is 4. The third-order valence-electron chi connectivity index (χ3n) is 4.87. The van der Waals surface area contributed by atoms with Crippen molar-refractivity contribution < 1.29 is 4.79 Å². The Labute approximate surface area is 199 Å². The second-order valence-corrected chi connectivity index (χ2v) is 8.69. The van der Waals surface area contributed by atoms with Crippen LogP contribution in [-0.2, 0) is 0 Å². The fraction of sp³-hybridized carbons (Fsp3) is 0.174. The van der Waals surface area contributed by atoms with Gasteiger partial charge in [-0.25, -0.2) is 9.78 Å². The molecule has 3 N–H and O–H groups in total. The predicted molar refractivity (Wildman–Crippen MR) is 133 cm³/mol. The lowest BCUT2D eigenvalue weighted by Gasteiger charge is -2.13. The van der Waals surface area contributed by atoms with Crippen LogP contribution in [0.2, 0.25) is 5.02 Å². The second-order valence-electron chi connectivity index (χ2n) is 7.39. The minimum Gasteiger partial charge on any atom is -0.368 e. The monoisotopic (exact) mass is 512 g/mol. The lowest BCUT2D eigenvalue weighted by atomic mass is 10.1. The van der Waals surface area contributed by atoms with Crippen molar-refractivity contribution in [1.29, 1.82) is 0 Å². The first-order valence-electron chi connectivity index (χ1n) is 10.1. The third-order valence-corrected chi connectivity index (χ3v) is 5.64. The molecule has 7 nitrogen and oxygen atoms in total. The van der Waals surface area contributed by atoms with Crippen LogP contribution in [0.25, 0.3) is 16.9 Å². The topological polar surface area (TPSA) is 83.4 Å². The lowest BCUT2D eigenvalue weighted by molar-refractivity contribution is 0.252. The van der Waals surface area contributed by atoms with E-state index in [1.807, 2.05) is 43.3 Å². The SMILES string of the molecule is Cc1cc(Cl)cc(NC(=O)NCCNc2cc(-c3ccccc3C)nc3c(Br)cnn23)c1. The number of carbonyl (C=O) groups is 1. The van der Waals surface area contributed by atoms with Crippen molar-refractivity contribution in [3.8, 4) is 11.3 Å². The summed E-state index contributed by atoms with van der Waals surface area (Å²) in [4.78, 5) is 17.0. The van der Waals surface area contributed by atoms with Crippen molar-refractivity contribution in [3.63, 3.8) is 0 Å². The van der Waals surface area contributed by atoms with Crippen LogP contribution in [0, 0.1) is 13.8 Å². The van der Waals surface area contributed by atoms with Gasteiger partial charge in [0.05, 0.1) is 16.4 Å². The molecule has 0 atom stereocenters. The first-order chi connectivity index (χ1) is 15.4. The molecule has 0 aliphatic heterocycles. The van der Waals surface area contributed by atoms with Crippen LogP contribution >= 0.6 is 27.5 Å². The van der Waals surface area contributed by atoms with Gasteiger partial charge in [-0.2, -0.15) is 9.61 Å². The molecule has 0 aliphatic carbocycles. The number of aromatic nitrogens is 3. The Balaban J connectivity index is 1.44. The van der Waals surface area contributed by atoms with Gasteiger partial charge in [0.15, 0.2) is 5.65 Å². The number of nitrogens with zero attached hydrogens (tertiary/aromatic N) is 3. The molecule has 4 aromatic rings. The van der Waals surface area contributed by atoms with Crippen LogP contribution in [-0.4, -0.2) is 33.7 Å². The number of anilines is 2. The Morgan fingerprint density at radius 2 is 1.94 bits per heavy atom. The molecular formula is C23H22BrClN6O. The van der Waals surface area contributed by atoms with Crippen LogP contribution in [0.15, 0.2) is 59.2 Å². The van der Waals surface area contributed by atoms with Gasteiger partial charge in [0.1, 0.15) is 5.82 Å². The van der Waals surface area contributed by atoms with E-state index in [1.165, 1.54) is 0 Å². The van der Waals surface area contributed by atoms with Crippen molar-refractivity contribution in [1.82, 2.24) is 19.9 Å². The van der Waals surface area contributed by atoms with Gasteiger partial charge in [-0.05, 0) is 59.1 Å². The van der Waals surface area contributed by atoms with Gasteiger partial charge in [-0.15, -0.1) is 0 Å². The lowest BCUT2D eigenvalue weighted by Crippen LogP contribution is -2.32. The number of rotatable bonds is 6. The second kappa shape index (κ2) is 9.58. The van der Waals surface area contributed by atoms with Crippen molar-refractivity contribution in [3.05, 3.63) is 75.4 Å². The molecule has 2 amide bonds. The van der Waals surface area contributed by atoms with E-state index in [0.29, 0.717) is 23.8 Å². The van der Waals surface area contributed by atoms with E-state index in [-0.39, 0.29) is 6.03 Å². The molecule has 2 aromatic carbocycles. The molecule has 0 fully saturated rings. The molecular weight excluding hydrogens is 492 g/mol. The van der Waals surface area contributed by atoms with Gasteiger partial charge in [-0.3, -0.25) is 0 Å². The summed E-state index contributed by atoms with van der Waals surface area (Å²) in [5, 5.41) is 14.0. The number of halogens is 2. The zero-order valence-corrected chi connectivity index (χ0v) is 20.0. The predicted octanol–water partition coefficient (Wildman–Crippen LogP) is 5.66. The molecule has 0 saturated carbocycles. The summed E-state index contributed by atoms with van der Waals surface area (Å²) in [6.07, 6.45) is 1.72. The third kappa shape index (κ3) is 5.03. The van der Waals surface area contributed by atoms with Gasteiger partial charge >= 0.3 is 6.03 Å². The van der Waals surface area contributed by atoms with Crippen molar-refractivity contribution in [2.75, 3.05) is 23.7 Å². The van der Waals surface area contributed by atoms with Gasteiger partial charge in [-0.1, -0.05) is 35.9 Å². The highest BCUT2D eigenvalue weighted by Crippen LogP contribution is 2.27. The van der Waals surface area contributed by atoms with E-state index in [4.69, 9.17) is 16.6 Å². The van der Waals surface area contributed by atoms with E-state index in [2.05, 4.69) is 50.0 Å². The summed E-state index contributed by atoms with van der Waals surface area (Å²) in [5.41, 5.74) is 5.39. The quantitative estimate of drug-likeness (QED) is 0.290. The Bertz CT molecular complexity index is 1270. The fourth-order valence-corrected chi connectivity index (χ4v) is 4.05. The summed E-state index contributed by atoms with van der Waals surface area (Å²) in [7, 11) is 0. The largest absolute Gasteiger partial charge is 0.368 e. The first kappa shape index (κ1) is 22.1. The maximum atomic E-state index is 12.2. The maximum absolute atomic E-state index is 12.2. The number of urea groups is 1. The average molecular weight is 514 g/mol. The summed E-state index contributed by atoms with van der Waals surface area (Å²) in [5.74, 6) is 0.784. The van der Waals surface area contributed by atoms with Crippen LogP contribution in [0.5, 0.6) is 0 Å².